The maximum atomic E-state index is 6.51. The number of hydrogen-bond donors (Lipinski definition) is 1. The number of benzene rings is 1. The highest BCUT2D eigenvalue weighted by Gasteiger charge is 2.26. The van der Waals surface area contributed by atoms with Gasteiger partial charge in [0.15, 0.2) is 11.5 Å². The van der Waals surface area contributed by atoms with E-state index in [4.69, 9.17) is 15.2 Å². The maximum absolute atomic E-state index is 6.51. The number of methoxy groups -OCH3 is 2. The van der Waals surface area contributed by atoms with Crippen LogP contribution in [0.5, 0.6) is 11.5 Å². The van der Waals surface area contributed by atoms with Crippen molar-refractivity contribution >= 4 is 0 Å². The SMILES string of the molecule is CCCC1CCC(C(N)c2ccc(OC)c(OC)c2)CC1. The van der Waals surface area contributed by atoms with E-state index in [0.29, 0.717) is 5.92 Å². The highest BCUT2D eigenvalue weighted by atomic mass is 16.5. The number of ether oxygens (including phenoxy) is 2. The summed E-state index contributed by atoms with van der Waals surface area (Å²) < 4.78 is 10.7. The van der Waals surface area contributed by atoms with E-state index in [2.05, 4.69) is 13.0 Å². The van der Waals surface area contributed by atoms with Crippen molar-refractivity contribution < 1.29 is 9.47 Å². The van der Waals surface area contributed by atoms with Crippen LogP contribution >= 0.6 is 0 Å². The lowest BCUT2D eigenvalue weighted by atomic mass is 9.76. The van der Waals surface area contributed by atoms with Crippen molar-refractivity contribution in [1.82, 2.24) is 0 Å². The summed E-state index contributed by atoms with van der Waals surface area (Å²) in [5.41, 5.74) is 7.67. The van der Waals surface area contributed by atoms with Crippen LogP contribution in [-0.2, 0) is 0 Å². The van der Waals surface area contributed by atoms with Gasteiger partial charge in [-0.1, -0.05) is 38.7 Å². The Hall–Kier alpha value is -1.22. The molecule has 1 aliphatic carbocycles. The normalized spacial score (nSPS) is 23.6. The van der Waals surface area contributed by atoms with Crippen LogP contribution in [0.15, 0.2) is 18.2 Å². The highest BCUT2D eigenvalue weighted by molar-refractivity contribution is 5.43. The molecule has 0 spiro atoms. The number of hydrogen-bond acceptors (Lipinski definition) is 3. The molecule has 1 aliphatic rings. The van der Waals surface area contributed by atoms with E-state index < -0.39 is 0 Å². The van der Waals surface area contributed by atoms with Crippen LogP contribution in [0, 0.1) is 11.8 Å². The summed E-state index contributed by atoms with van der Waals surface area (Å²) in [6.07, 6.45) is 7.84. The van der Waals surface area contributed by atoms with Gasteiger partial charge in [-0.2, -0.15) is 0 Å². The summed E-state index contributed by atoms with van der Waals surface area (Å²) in [6.45, 7) is 2.28. The third-order valence-electron chi connectivity index (χ3n) is 4.89. The summed E-state index contributed by atoms with van der Waals surface area (Å²) in [6, 6.07) is 6.16. The lowest BCUT2D eigenvalue weighted by molar-refractivity contribution is 0.234. The van der Waals surface area contributed by atoms with Crippen LogP contribution in [0.25, 0.3) is 0 Å². The molecule has 2 rings (SSSR count). The Balaban J connectivity index is 2.02. The monoisotopic (exact) mass is 291 g/mol. The first-order valence-corrected chi connectivity index (χ1v) is 8.17. The Morgan fingerprint density at radius 1 is 1.10 bits per heavy atom. The summed E-state index contributed by atoms with van der Waals surface area (Å²) in [7, 11) is 3.33. The molecule has 1 saturated carbocycles. The second kappa shape index (κ2) is 7.69. The molecule has 0 aliphatic heterocycles. The quantitative estimate of drug-likeness (QED) is 0.849. The average Bonchev–Trinajstić information content (AvgIpc) is 2.54. The Kier molecular flexibility index (Phi) is 5.92. The van der Waals surface area contributed by atoms with Crippen LogP contribution in [0.4, 0.5) is 0 Å². The lowest BCUT2D eigenvalue weighted by Gasteiger charge is -2.32. The zero-order valence-electron chi connectivity index (χ0n) is 13.6. The van der Waals surface area contributed by atoms with Gasteiger partial charge in [0, 0.05) is 6.04 Å². The minimum absolute atomic E-state index is 0.104. The van der Waals surface area contributed by atoms with E-state index in [0.717, 1.165) is 23.0 Å². The molecule has 0 bridgehead atoms. The Morgan fingerprint density at radius 3 is 2.33 bits per heavy atom. The maximum Gasteiger partial charge on any atom is 0.161 e. The first-order valence-electron chi connectivity index (χ1n) is 8.17. The second-order valence-electron chi connectivity index (χ2n) is 6.21. The predicted molar refractivity (Wildman–Crippen MR) is 86.8 cm³/mol. The highest BCUT2D eigenvalue weighted by Crippen LogP contribution is 2.39. The topological polar surface area (TPSA) is 44.5 Å². The molecule has 2 N–H and O–H groups in total. The van der Waals surface area contributed by atoms with E-state index in [9.17, 15) is 0 Å². The number of rotatable bonds is 6. The summed E-state index contributed by atoms with van der Waals surface area (Å²) in [5.74, 6) is 3.05. The molecule has 118 valence electrons. The van der Waals surface area contributed by atoms with Crippen LogP contribution in [0.1, 0.15) is 57.1 Å². The molecular formula is C18H29NO2. The van der Waals surface area contributed by atoms with Gasteiger partial charge >= 0.3 is 0 Å². The molecule has 3 heteroatoms. The van der Waals surface area contributed by atoms with Crippen LogP contribution < -0.4 is 15.2 Å². The molecule has 0 amide bonds. The largest absolute Gasteiger partial charge is 0.493 e. The first kappa shape index (κ1) is 16.2. The van der Waals surface area contributed by atoms with Crippen molar-refractivity contribution in [3.05, 3.63) is 23.8 Å². The fourth-order valence-electron chi connectivity index (χ4n) is 3.58. The minimum atomic E-state index is 0.104. The van der Waals surface area contributed by atoms with Crippen molar-refractivity contribution in [1.29, 1.82) is 0 Å². The van der Waals surface area contributed by atoms with Crippen molar-refractivity contribution in [3.63, 3.8) is 0 Å². The van der Waals surface area contributed by atoms with Crippen molar-refractivity contribution in [2.45, 2.75) is 51.5 Å². The molecule has 1 unspecified atom stereocenters. The summed E-state index contributed by atoms with van der Waals surface area (Å²) >= 11 is 0. The van der Waals surface area contributed by atoms with Gasteiger partial charge in [-0.3, -0.25) is 0 Å². The lowest BCUT2D eigenvalue weighted by Crippen LogP contribution is -2.26. The van der Waals surface area contributed by atoms with E-state index in [-0.39, 0.29) is 6.04 Å². The predicted octanol–water partition coefficient (Wildman–Crippen LogP) is 4.31. The van der Waals surface area contributed by atoms with Gasteiger partial charge in [-0.05, 0) is 42.4 Å². The van der Waals surface area contributed by atoms with Gasteiger partial charge in [0.1, 0.15) is 0 Å². The molecule has 1 aromatic rings. The third kappa shape index (κ3) is 3.91. The van der Waals surface area contributed by atoms with Gasteiger partial charge < -0.3 is 15.2 Å². The average molecular weight is 291 g/mol. The number of nitrogens with two attached hydrogens (primary N) is 1. The summed E-state index contributed by atoms with van der Waals surface area (Å²) in [5, 5.41) is 0. The van der Waals surface area contributed by atoms with Crippen LogP contribution in [0.2, 0.25) is 0 Å². The molecule has 21 heavy (non-hydrogen) atoms. The van der Waals surface area contributed by atoms with Gasteiger partial charge in [-0.15, -0.1) is 0 Å². The molecule has 0 aromatic heterocycles. The van der Waals surface area contributed by atoms with E-state index >= 15 is 0 Å². The zero-order chi connectivity index (χ0) is 15.2. The molecule has 1 atom stereocenters. The standard InChI is InChI=1S/C18H29NO2/c1-4-5-13-6-8-14(9-7-13)18(19)15-10-11-16(20-2)17(12-15)21-3/h10-14,18H,4-9,19H2,1-3H3. The third-order valence-corrected chi connectivity index (χ3v) is 4.89. The summed E-state index contributed by atoms with van der Waals surface area (Å²) in [4.78, 5) is 0. The van der Waals surface area contributed by atoms with Gasteiger partial charge in [0.05, 0.1) is 14.2 Å². The van der Waals surface area contributed by atoms with Crippen molar-refractivity contribution in [2.75, 3.05) is 14.2 Å². The molecule has 0 heterocycles. The fourth-order valence-corrected chi connectivity index (χ4v) is 3.58. The van der Waals surface area contributed by atoms with Gasteiger partial charge in [-0.25, -0.2) is 0 Å². The van der Waals surface area contributed by atoms with Gasteiger partial charge in [0.2, 0.25) is 0 Å². The van der Waals surface area contributed by atoms with E-state index in [1.807, 2.05) is 12.1 Å². The van der Waals surface area contributed by atoms with E-state index in [1.165, 1.54) is 38.5 Å². The van der Waals surface area contributed by atoms with Crippen molar-refractivity contribution in [3.8, 4) is 11.5 Å². The van der Waals surface area contributed by atoms with Crippen LogP contribution in [0.3, 0.4) is 0 Å². The molecule has 0 saturated heterocycles. The van der Waals surface area contributed by atoms with Gasteiger partial charge in [0.25, 0.3) is 0 Å². The molecular weight excluding hydrogens is 262 g/mol. The Labute approximate surface area is 128 Å². The smallest absolute Gasteiger partial charge is 0.161 e. The fraction of sp³-hybridized carbons (Fsp3) is 0.667. The molecule has 1 fully saturated rings. The first-order chi connectivity index (χ1) is 10.2. The molecule has 1 aromatic carbocycles. The molecule has 0 radical (unpaired) electrons. The van der Waals surface area contributed by atoms with E-state index in [1.54, 1.807) is 14.2 Å². The second-order valence-corrected chi connectivity index (χ2v) is 6.21. The van der Waals surface area contributed by atoms with Crippen molar-refractivity contribution in [2.24, 2.45) is 17.6 Å². The Morgan fingerprint density at radius 2 is 1.76 bits per heavy atom. The zero-order valence-corrected chi connectivity index (χ0v) is 13.6. The Bertz CT molecular complexity index is 439. The molecule has 3 nitrogen and oxygen atoms in total. The minimum Gasteiger partial charge on any atom is -0.493 e. The van der Waals surface area contributed by atoms with Crippen LogP contribution in [-0.4, -0.2) is 14.2 Å².